The lowest BCUT2D eigenvalue weighted by Crippen LogP contribution is -2.25. The summed E-state index contributed by atoms with van der Waals surface area (Å²) in [6.45, 7) is 1.95. The molecule has 1 aromatic carbocycles. The third-order valence-electron chi connectivity index (χ3n) is 4.71. The number of carbonyl (C=O) groups is 1. The fourth-order valence-corrected chi connectivity index (χ4v) is 3.43. The van der Waals surface area contributed by atoms with Crippen LogP contribution in [0.5, 0.6) is 0 Å². The predicted octanol–water partition coefficient (Wildman–Crippen LogP) is 3.47. The Morgan fingerprint density at radius 3 is 2.82 bits per heavy atom. The van der Waals surface area contributed by atoms with E-state index in [9.17, 15) is 18.0 Å². The molecule has 1 aliphatic heterocycles. The van der Waals surface area contributed by atoms with E-state index in [2.05, 4.69) is 10.1 Å². The van der Waals surface area contributed by atoms with E-state index in [1.807, 2.05) is 0 Å². The van der Waals surface area contributed by atoms with Gasteiger partial charge in [-0.05, 0) is 36.8 Å². The first-order valence-corrected chi connectivity index (χ1v) is 8.85. The summed E-state index contributed by atoms with van der Waals surface area (Å²) in [7, 11) is 0. The van der Waals surface area contributed by atoms with Crippen LogP contribution >= 0.6 is 0 Å². The number of esters is 1. The number of hydrogen-bond donors (Lipinski definition) is 0. The van der Waals surface area contributed by atoms with Crippen molar-refractivity contribution in [1.29, 1.82) is 0 Å². The summed E-state index contributed by atoms with van der Waals surface area (Å²) < 4.78 is 47.5. The van der Waals surface area contributed by atoms with Crippen LogP contribution < -0.4 is 4.90 Å². The molecule has 3 aromatic rings. The van der Waals surface area contributed by atoms with Crippen LogP contribution in [0.3, 0.4) is 0 Å². The van der Waals surface area contributed by atoms with Crippen molar-refractivity contribution in [1.82, 2.24) is 14.6 Å². The number of benzene rings is 1. The maximum atomic E-state index is 14.2. The third-order valence-corrected chi connectivity index (χ3v) is 4.71. The van der Waals surface area contributed by atoms with Gasteiger partial charge in [-0.15, -0.1) is 5.10 Å². The minimum Gasteiger partial charge on any atom is -0.461 e. The number of anilines is 1. The Morgan fingerprint density at radius 2 is 2.07 bits per heavy atom. The Balaban J connectivity index is 1.73. The van der Waals surface area contributed by atoms with Crippen molar-refractivity contribution in [3.05, 3.63) is 59.4 Å². The van der Waals surface area contributed by atoms with E-state index in [1.165, 1.54) is 16.8 Å². The Hall–Kier alpha value is -3.10. The molecule has 2 aromatic heterocycles. The molecule has 0 bridgehead atoms. The Labute approximate surface area is 158 Å². The number of rotatable bonds is 4. The number of aromatic nitrogens is 3. The largest absolute Gasteiger partial charge is 0.461 e. The molecule has 1 fully saturated rings. The van der Waals surface area contributed by atoms with E-state index in [1.54, 1.807) is 24.0 Å². The average Bonchev–Trinajstić information content (AvgIpc) is 3.27. The normalized spacial score (nSPS) is 19.4. The monoisotopic (exact) mass is 390 g/mol. The van der Waals surface area contributed by atoms with Crippen LogP contribution in [-0.2, 0) is 4.74 Å². The molecular weight excluding hydrogens is 373 g/mol. The highest BCUT2D eigenvalue weighted by Gasteiger charge is 2.35. The molecule has 0 amide bonds. The number of halogens is 3. The molecule has 0 aliphatic carbocycles. The first-order valence-electron chi connectivity index (χ1n) is 8.85. The molecule has 9 heteroatoms. The van der Waals surface area contributed by atoms with Gasteiger partial charge in [-0.25, -0.2) is 27.5 Å². The van der Waals surface area contributed by atoms with Crippen molar-refractivity contribution in [2.24, 2.45) is 0 Å². The molecular formula is C19H17F3N4O2. The first kappa shape index (κ1) is 18.3. The van der Waals surface area contributed by atoms with Gasteiger partial charge in [0.1, 0.15) is 12.0 Å². The SMILES string of the molecule is CCOC(=O)c1cnc2ccc(N3C[C@@H](F)C[C@@H]3c3ccc(F)c(F)c3)nn12. The Morgan fingerprint density at radius 1 is 1.25 bits per heavy atom. The highest BCUT2D eigenvalue weighted by atomic mass is 19.2. The van der Waals surface area contributed by atoms with E-state index >= 15 is 0 Å². The molecule has 4 rings (SSSR count). The van der Waals surface area contributed by atoms with Crippen LogP contribution in [0.15, 0.2) is 36.5 Å². The highest BCUT2D eigenvalue weighted by molar-refractivity contribution is 5.88. The predicted molar refractivity (Wildman–Crippen MR) is 94.9 cm³/mol. The molecule has 1 aliphatic rings. The summed E-state index contributed by atoms with van der Waals surface area (Å²) >= 11 is 0. The smallest absolute Gasteiger partial charge is 0.358 e. The number of alkyl halides is 1. The van der Waals surface area contributed by atoms with E-state index < -0.39 is 29.8 Å². The van der Waals surface area contributed by atoms with Crippen molar-refractivity contribution >= 4 is 17.4 Å². The molecule has 3 heterocycles. The van der Waals surface area contributed by atoms with Gasteiger partial charge >= 0.3 is 5.97 Å². The quantitative estimate of drug-likeness (QED) is 0.639. The summed E-state index contributed by atoms with van der Waals surface area (Å²) in [5.41, 5.74) is 1.04. The first-order chi connectivity index (χ1) is 13.5. The molecule has 0 N–H and O–H groups in total. The van der Waals surface area contributed by atoms with Gasteiger partial charge in [-0.3, -0.25) is 0 Å². The fraction of sp³-hybridized carbons (Fsp3) is 0.316. The zero-order valence-corrected chi connectivity index (χ0v) is 15.0. The number of carbonyl (C=O) groups excluding carboxylic acids is 1. The lowest BCUT2D eigenvalue weighted by atomic mass is 10.0. The third kappa shape index (κ3) is 3.17. The molecule has 0 saturated carbocycles. The maximum Gasteiger partial charge on any atom is 0.358 e. The van der Waals surface area contributed by atoms with E-state index in [4.69, 9.17) is 4.74 Å². The zero-order chi connectivity index (χ0) is 19.8. The highest BCUT2D eigenvalue weighted by Crippen LogP contribution is 2.37. The van der Waals surface area contributed by atoms with Gasteiger partial charge in [0, 0.05) is 6.42 Å². The van der Waals surface area contributed by atoms with Crippen LogP contribution in [-0.4, -0.2) is 39.9 Å². The molecule has 0 radical (unpaired) electrons. The second-order valence-electron chi connectivity index (χ2n) is 6.50. The van der Waals surface area contributed by atoms with Gasteiger partial charge in [-0.1, -0.05) is 6.07 Å². The van der Waals surface area contributed by atoms with Gasteiger partial charge in [-0.2, -0.15) is 0 Å². The van der Waals surface area contributed by atoms with Gasteiger partial charge < -0.3 is 9.64 Å². The maximum absolute atomic E-state index is 14.2. The molecule has 2 atom stereocenters. The van der Waals surface area contributed by atoms with Crippen LogP contribution in [0, 0.1) is 11.6 Å². The van der Waals surface area contributed by atoms with Crippen molar-refractivity contribution in [2.45, 2.75) is 25.6 Å². The number of imidazole rings is 1. The molecule has 1 saturated heterocycles. The molecule has 0 unspecified atom stereocenters. The van der Waals surface area contributed by atoms with Crippen molar-refractivity contribution in [3.63, 3.8) is 0 Å². The lowest BCUT2D eigenvalue weighted by Gasteiger charge is -2.25. The minimum absolute atomic E-state index is 0.0472. The van der Waals surface area contributed by atoms with E-state index in [0.29, 0.717) is 17.0 Å². The molecule has 6 nitrogen and oxygen atoms in total. The second kappa shape index (κ2) is 7.14. The molecule has 28 heavy (non-hydrogen) atoms. The van der Waals surface area contributed by atoms with Crippen LogP contribution in [0.1, 0.15) is 35.4 Å². The minimum atomic E-state index is -1.15. The second-order valence-corrected chi connectivity index (χ2v) is 6.50. The summed E-state index contributed by atoms with van der Waals surface area (Å²) in [4.78, 5) is 17.9. The van der Waals surface area contributed by atoms with Gasteiger partial charge in [0.25, 0.3) is 0 Å². The van der Waals surface area contributed by atoms with Crippen molar-refractivity contribution in [3.8, 4) is 0 Å². The molecule has 146 valence electrons. The van der Waals surface area contributed by atoms with Crippen LogP contribution in [0.4, 0.5) is 19.0 Å². The average molecular weight is 390 g/mol. The Kier molecular flexibility index (Phi) is 4.66. The summed E-state index contributed by atoms with van der Waals surface area (Å²) in [6, 6.07) is 6.34. The standard InChI is InChI=1S/C19H17F3N4O2/c1-2-28-19(27)16-9-23-17-5-6-18(24-26(16)17)25-10-12(20)8-15(25)11-3-4-13(21)14(22)7-11/h3-7,9,12,15H,2,8,10H2,1H3/t12-,15+/m0/s1. The Bertz CT molecular complexity index is 1040. The number of nitrogens with zero attached hydrogens (tertiary/aromatic N) is 4. The summed E-state index contributed by atoms with van der Waals surface area (Å²) in [5, 5.41) is 4.42. The number of hydrogen-bond acceptors (Lipinski definition) is 5. The van der Waals surface area contributed by atoms with E-state index in [0.717, 1.165) is 12.1 Å². The van der Waals surface area contributed by atoms with Crippen molar-refractivity contribution < 1.29 is 22.7 Å². The number of fused-ring (bicyclic) bond motifs is 1. The molecule has 0 spiro atoms. The van der Waals surface area contributed by atoms with Crippen molar-refractivity contribution in [2.75, 3.05) is 18.1 Å². The van der Waals surface area contributed by atoms with E-state index in [-0.39, 0.29) is 25.3 Å². The summed E-state index contributed by atoms with van der Waals surface area (Å²) in [6.07, 6.45) is 0.334. The zero-order valence-electron chi connectivity index (χ0n) is 15.0. The van der Waals surface area contributed by atoms with Gasteiger partial charge in [0.2, 0.25) is 0 Å². The topological polar surface area (TPSA) is 59.7 Å². The number of ether oxygens (including phenoxy) is 1. The fourth-order valence-electron chi connectivity index (χ4n) is 3.43. The van der Waals surface area contributed by atoms with Crippen LogP contribution in [0.2, 0.25) is 0 Å². The lowest BCUT2D eigenvalue weighted by molar-refractivity contribution is 0.0516. The van der Waals surface area contributed by atoms with Gasteiger partial charge in [0.05, 0.1) is 25.4 Å². The van der Waals surface area contributed by atoms with Crippen LogP contribution in [0.25, 0.3) is 5.65 Å². The van der Waals surface area contributed by atoms with Gasteiger partial charge in [0.15, 0.2) is 23.0 Å². The summed E-state index contributed by atoms with van der Waals surface area (Å²) in [5.74, 6) is -2.11.